The molecule has 0 spiro atoms. The summed E-state index contributed by atoms with van der Waals surface area (Å²) < 4.78 is 0. The molecule has 1 aliphatic rings. The van der Waals surface area contributed by atoms with Gasteiger partial charge < -0.3 is 16.0 Å². The highest BCUT2D eigenvalue weighted by Gasteiger charge is 2.18. The minimum absolute atomic E-state index is 0.0543. The van der Waals surface area contributed by atoms with E-state index in [-0.39, 0.29) is 18.1 Å². The van der Waals surface area contributed by atoms with E-state index in [4.69, 9.17) is 0 Å². The molecule has 2 amide bonds. The van der Waals surface area contributed by atoms with E-state index in [2.05, 4.69) is 22.9 Å². The number of hydrogen-bond acceptors (Lipinski definition) is 2. The quantitative estimate of drug-likeness (QED) is 0.617. The Bertz CT molecular complexity index is 186. The number of carbonyl (C=O) groups is 1. The van der Waals surface area contributed by atoms with Crippen LogP contribution in [0, 0.1) is 0 Å². The van der Waals surface area contributed by atoms with Crippen molar-refractivity contribution in [3.05, 3.63) is 0 Å². The number of hydrogen-bond donors (Lipinski definition) is 3. The van der Waals surface area contributed by atoms with Gasteiger partial charge in [-0.25, -0.2) is 4.79 Å². The third-order valence-corrected chi connectivity index (χ3v) is 2.42. The maximum Gasteiger partial charge on any atom is 0.315 e. The number of piperidine rings is 1. The van der Waals surface area contributed by atoms with Crippen LogP contribution in [0.4, 0.5) is 4.79 Å². The Morgan fingerprint density at radius 1 is 1.43 bits per heavy atom. The van der Waals surface area contributed by atoms with E-state index in [1.54, 1.807) is 0 Å². The van der Waals surface area contributed by atoms with Gasteiger partial charge in [0.15, 0.2) is 0 Å². The molecule has 0 aromatic carbocycles. The molecule has 4 nitrogen and oxygen atoms in total. The van der Waals surface area contributed by atoms with Crippen molar-refractivity contribution >= 4 is 6.03 Å². The molecule has 82 valence electrons. The largest absolute Gasteiger partial charge is 0.336 e. The van der Waals surface area contributed by atoms with E-state index in [1.807, 2.05) is 13.8 Å². The van der Waals surface area contributed by atoms with E-state index < -0.39 is 0 Å². The molecule has 4 heteroatoms. The van der Waals surface area contributed by atoms with Crippen molar-refractivity contribution in [1.29, 1.82) is 0 Å². The molecular weight excluding hydrogens is 178 g/mol. The summed E-state index contributed by atoms with van der Waals surface area (Å²) in [6.07, 6.45) is 2.20. The molecule has 1 aliphatic heterocycles. The molecule has 0 aromatic rings. The third-order valence-electron chi connectivity index (χ3n) is 2.42. The van der Waals surface area contributed by atoms with Gasteiger partial charge in [0.1, 0.15) is 0 Å². The highest BCUT2D eigenvalue weighted by Crippen LogP contribution is 2.06. The Morgan fingerprint density at radius 2 is 2.14 bits per heavy atom. The highest BCUT2D eigenvalue weighted by atomic mass is 16.2. The van der Waals surface area contributed by atoms with Gasteiger partial charge in [-0.05, 0) is 33.6 Å². The lowest BCUT2D eigenvalue weighted by Gasteiger charge is -2.28. The molecule has 0 saturated carbocycles. The lowest BCUT2D eigenvalue weighted by Crippen LogP contribution is -2.52. The molecule has 1 saturated heterocycles. The van der Waals surface area contributed by atoms with Crippen LogP contribution in [-0.4, -0.2) is 30.7 Å². The van der Waals surface area contributed by atoms with E-state index in [0.717, 1.165) is 19.4 Å². The first kappa shape index (κ1) is 11.3. The Morgan fingerprint density at radius 3 is 2.64 bits per heavy atom. The van der Waals surface area contributed by atoms with E-state index in [9.17, 15) is 4.79 Å². The second-order valence-electron chi connectivity index (χ2n) is 4.36. The summed E-state index contributed by atoms with van der Waals surface area (Å²) in [5.41, 5.74) is 0. The second-order valence-corrected chi connectivity index (χ2v) is 4.36. The summed E-state index contributed by atoms with van der Waals surface area (Å²) in [6.45, 7) is 6.97. The minimum atomic E-state index is -0.0543. The van der Waals surface area contributed by atoms with Crippen LogP contribution in [0.15, 0.2) is 0 Å². The number of rotatable bonds is 2. The molecule has 1 rings (SSSR count). The Kier molecular flexibility index (Phi) is 4.20. The van der Waals surface area contributed by atoms with Crippen molar-refractivity contribution in [2.75, 3.05) is 6.54 Å². The fourth-order valence-corrected chi connectivity index (χ4v) is 1.61. The molecule has 0 aromatic heterocycles. The molecule has 0 bridgehead atoms. The summed E-state index contributed by atoms with van der Waals surface area (Å²) in [6, 6.07) is 1.01. The molecule has 2 unspecified atom stereocenters. The Hall–Kier alpha value is -0.770. The normalized spacial score (nSPS) is 27.4. The SMILES string of the molecule is CC(C)NC(=O)NC1CCC(C)NC1. The van der Waals surface area contributed by atoms with Crippen LogP contribution < -0.4 is 16.0 Å². The van der Waals surface area contributed by atoms with Gasteiger partial charge in [0.05, 0.1) is 0 Å². The average Bonchev–Trinajstić information content (AvgIpc) is 2.07. The van der Waals surface area contributed by atoms with E-state index >= 15 is 0 Å². The summed E-state index contributed by atoms with van der Waals surface area (Å²) in [4.78, 5) is 11.4. The topological polar surface area (TPSA) is 53.2 Å². The van der Waals surface area contributed by atoms with Crippen LogP contribution >= 0.6 is 0 Å². The van der Waals surface area contributed by atoms with E-state index in [0.29, 0.717) is 6.04 Å². The van der Waals surface area contributed by atoms with Crippen molar-refractivity contribution in [1.82, 2.24) is 16.0 Å². The average molecular weight is 199 g/mol. The molecule has 14 heavy (non-hydrogen) atoms. The van der Waals surface area contributed by atoms with Gasteiger partial charge in [0.2, 0.25) is 0 Å². The molecular formula is C10H21N3O. The van der Waals surface area contributed by atoms with Crippen molar-refractivity contribution in [2.45, 2.75) is 51.7 Å². The third kappa shape index (κ3) is 3.96. The summed E-state index contributed by atoms with van der Waals surface area (Å²) >= 11 is 0. The van der Waals surface area contributed by atoms with Gasteiger partial charge in [0, 0.05) is 24.7 Å². The summed E-state index contributed by atoms with van der Waals surface area (Å²) in [5.74, 6) is 0. The number of urea groups is 1. The van der Waals surface area contributed by atoms with Crippen molar-refractivity contribution in [3.8, 4) is 0 Å². The van der Waals surface area contributed by atoms with Crippen LogP contribution in [0.5, 0.6) is 0 Å². The first-order valence-electron chi connectivity index (χ1n) is 5.38. The zero-order valence-electron chi connectivity index (χ0n) is 9.26. The van der Waals surface area contributed by atoms with E-state index in [1.165, 1.54) is 0 Å². The standard InChI is InChI=1S/C10H21N3O/c1-7(2)12-10(14)13-9-5-4-8(3)11-6-9/h7-9,11H,4-6H2,1-3H3,(H2,12,13,14). The lowest BCUT2D eigenvalue weighted by atomic mass is 10.0. The zero-order chi connectivity index (χ0) is 10.6. The minimum Gasteiger partial charge on any atom is -0.336 e. The van der Waals surface area contributed by atoms with Gasteiger partial charge in [-0.2, -0.15) is 0 Å². The smallest absolute Gasteiger partial charge is 0.315 e. The fourth-order valence-electron chi connectivity index (χ4n) is 1.61. The predicted molar refractivity (Wildman–Crippen MR) is 57.3 cm³/mol. The fraction of sp³-hybridized carbons (Fsp3) is 0.900. The number of nitrogens with one attached hydrogen (secondary N) is 3. The summed E-state index contributed by atoms with van der Waals surface area (Å²) in [5, 5.41) is 9.13. The maximum atomic E-state index is 11.4. The van der Waals surface area contributed by atoms with Gasteiger partial charge in [-0.3, -0.25) is 0 Å². The van der Waals surface area contributed by atoms with Crippen LogP contribution in [0.25, 0.3) is 0 Å². The molecule has 0 aliphatic carbocycles. The molecule has 1 fully saturated rings. The van der Waals surface area contributed by atoms with Crippen LogP contribution in [-0.2, 0) is 0 Å². The summed E-state index contributed by atoms with van der Waals surface area (Å²) in [7, 11) is 0. The molecule has 0 radical (unpaired) electrons. The van der Waals surface area contributed by atoms with Crippen molar-refractivity contribution in [3.63, 3.8) is 0 Å². The van der Waals surface area contributed by atoms with Crippen LogP contribution in [0.3, 0.4) is 0 Å². The lowest BCUT2D eigenvalue weighted by molar-refractivity contribution is 0.229. The van der Waals surface area contributed by atoms with Gasteiger partial charge in [-0.15, -0.1) is 0 Å². The van der Waals surface area contributed by atoms with Gasteiger partial charge in [-0.1, -0.05) is 0 Å². The predicted octanol–water partition coefficient (Wildman–Crippen LogP) is 0.834. The molecule has 2 atom stereocenters. The molecule has 3 N–H and O–H groups in total. The van der Waals surface area contributed by atoms with Crippen molar-refractivity contribution in [2.24, 2.45) is 0 Å². The van der Waals surface area contributed by atoms with Crippen LogP contribution in [0.1, 0.15) is 33.6 Å². The number of carbonyl (C=O) groups excluding carboxylic acids is 1. The first-order valence-corrected chi connectivity index (χ1v) is 5.38. The van der Waals surface area contributed by atoms with Gasteiger partial charge >= 0.3 is 6.03 Å². The van der Waals surface area contributed by atoms with Crippen LogP contribution in [0.2, 0.25) is 0 Å². The number of amides is 2. The monoisotopic (exact) mass is 199 g/mol. The first-order chi connectivity index (χ1) is 6.58. The molecule has 1 heterocycles. The van der Waals surface area contributed by atoms with Crippen molar-refractivity contribution < 1.29 is 4.79 Å². The Labute approximate surface area is 85.8 Å². The Balaban J connectivity index is 2.20. The highest BCUT2D eigenvalue weighted by molar-refractivity contribution is 5.74. The zero-order valence-corrected chi connectivity index (χ0v) is 9.26. The van der Waals surface area contributed by atoms with Gasteiger partial charge in [0.25, 0.3) is 0 Å². The second kappa shape index (κ2) is 5.20. The maximum absolute atomic E-state index is 11.4.